The van der Waals surface area contributed by atoms with Gasteiger partial charge < -0.3 is 121 Å². The van der Waals surface area contributed by atoms with E-state index in [1.165, 1.54) is 0 Å². The normalized spacial score (nSPS) is 45.6. The van der Waals surface area contributed by atoms with Crippen molar-refractivity contribution >= 4 is 19.8 Å². The number of hydrogen-bond acceptors (Lipinski definition) is 24. The standard InChI is InChI=1S/C28H49N2O26P/c29-13-17(39)16(38)11(51-23(13)41)5-49-24-14(30)18(40)22(56-57(46,47)48)12(52-24)6-50-27(25(42)43)2-8(34)20(21(54-27)10(36)4-32)55-28(26(44)45)1-7(33)15(37)19(53-28)9(35)3-31/h7-24,31-41H,1-6,29-30H2,(H,42,43)(H,44,45)(H2,46,47,48)/t7-,8-,9-,10-,11-,12-,13-,14-,15-,16-,17-,18-,19-,20-,21-,22-,23+,24-,27-,28+/m1/s1. The van der Waals surface area contributed by atoms with Gasteiger partial charge in [0.15, 0.2) is 12.6 Å². The number of aliphatic carboxylic acids is 2. The highest BCUT2D eigenvalue weighted by molar-refractivity contribution is 7.46. The Morgan fingerprint density at radius 2 is 1.28 bits per heavy atom. The summed E-state index contributed by atoms with van der Waals surface area (Å²) >= 11 is 0. The van der Waals surface area contributed by atoms with Crippen LogP contribution in [-0.2, 0) is 51.8 Å². The van der Waals surface area contributed by atoms with E-state index in [2.05, 4.69) is 4.52 Å². The van der Waals surface area contributed by atoms with Crippen LogP contribution in [-0.4, -0.2) is 236 Å². The second-order valence-corrected chi connectivity index (χ2v) is 15.0. The Morgan fingerprint density at radius 1 is 0.719 bits per heavy atom. The molecule has 4 heterocycles. The van der Waals surface area contributed by atoms with E-state index in [4.69, 9.17) is 44.6 Å². The minimum absolute atomic E-state index is 0.738. The predicted octanol–water partition coefficient (Wildman–Crippen LogP) is -10.0. The van der Waals surface area contributed by atoms with Gasteiger partial charge in [0, 0.05) is 12.8 Å². The zero-order valence-electron chi connectivity index (χ0n) is 29.4. The molecular weight excluding hydrogens is 811 g/mol. The molecule has 28 nitrogen and oxygen atoms in total. The molecular formula is C28H49N2O26P. The van der Waals surface area contributed by atoms with Crippen molar-refractivity contribution in [3.8, 4) is 0 Å². The zero-order valence-corrected chi connectivity index (χ0v) is 30.3. The second-order valence-electron chi connectivity index (χ2n) is 13.8. The SMILES string of the molecule is N[C@@H]1[C@@H](O)[C@H](O)[C@@H](CO[C@@H]2O[C@H](CO[C@]3(C(=O)O)C[C@@H](O)[C@@H](O[C@]4(C(=O)O)C[C@@H](O)[C@@H](O)[C@@H]([C@H](O)CO)O4)[C@@H]([C@H](O)CO)O3)[C@@H](OP(=O)(O)O)[C@H](O)[C@H]2N)O[C@@H]1O. The van der Waals surface area contributed by atoms with E-state index < -0.39 is 181 Å². The molecule has 332 valence electrons. The lowest BCUT2D eigenvalue weighted by Crippen LogP contribution is -2.69. The molecule has 4 rings (SSSR count). The monoisotopic (exact) mass is 860 g/mol. The predicted molar refractivity (Wildman–Crippen MR) is 171 cm³/mol. The summed E-state index contributed by atoms with van der Waals surface area (Å²) in [6.45, 7) is -4.32. The van der Waals surface area contributed by atoms with Crippen molar-refractivity contribution in [3.05, 3.63) is 0 Å². The average molecular weight is 861 g/mol. The van der Waals surface area contributed by atoms with E-state index in [0.717, 1.165) is 0 Å². The van der Waals surface area contributed by atoms with Crippen LogP contribution in [0.4, 0.5) is 0 Å². The Bertz CT molecular complexity index is 1410. The molecule has 0 unspecified atom stereocenters. The molecule has 0 aromatic carbocycles. The van der Waals surface area contributed by atoms with Crippen molar-refractivity contribution in [1.82, 2.24) is 0 Å². The lowest BCUT2D eigenvalue weighted by molar-refractivity contribution is -0.382. The van der Waals surface area contributed by atoms with E-state index in [1.54, 1.807) is 0 Å². The van der Waals surface area contributed by atoms with Gasteiger partial charge in [-0.2, -0.15) is 0 Å². The molecule has 0 radical (unpaired) electrons. The Morgan fingerprint density at radius 3 is 1.84 bits per heavy atom. The molecule has 57 heavy (non-hydrogen) atoms. The lowest BCUT2D eigenvalue weighted by atomic mass is 9.89. The number of aliphatic hydroxyl groups is 11. The van der Waals surface area contributed by atoms with Crippen LogP contribution in [0.5, 0.6) is 0 Å². The fraction of sp³-hybridized carbons (Fsp3) is 0.929. The van der Waals surface area contributed by atoms with Gasteiger partial charge >= 0.3 is 19.8 Å². The largest absolute Gasteiger partial charge is 0.477 e. The molecule has 0 aromatic heterocycles. The van der Waals surface area contributed by atoms with Crippen LogP contribution in [0.1, 0.15) is 12.8 Å². The molecule has 4 fully saturated rings. The topological polar surface area (TPSA) is 481 Å². The first kappa shape index (κ1) is 47.9. The quantitative estimate of drug-likeness (QED) is 0.0641. The van der Waals surface area contributed by atoms with E-state index in [1.807, 2.05) is 0 Å². The van der Waals surface area contributed by atoms with Crippen LogP contribution >= 0.6 is 7.82 Å². The third-order valence-corrected chi connectivity index (χ3v) is 10.3. The molecule has 20 atom stereocenters. The minimum atomic E-state index is -5.51. The molecule has 19 N–H and O–H groups in total. The number of phosphoric ester groups is 1. The number of carboxylic acids is 2. The smallest absolute Gasteiger partial charge is 0.470 e. The summed E-state index contributed by atoms with van der Waals surface area (Å²) in [6.07, 6.45) is -34.1. The van der Waals surface area contributed by atoms with E-state index in [9.17, 15) is 90.3 Å². The van der Waals surface area contributed by atoms with Gasteiger partial charge in [0.25, 0.3) is 11.6 Å². The van der Waals surface area contributed by atoms with Crippen LogP contribution in [0, 0.1) is 0 Å². The number of carboxylic acid groups (broad SMARTS) is 2. The van der Waals surface area contributed by atoms with Crippen LogP contribution in [0.2, 0.25) is 0 Å². The van der Waals surface area contributed by atoms with Crippen LogP contribution < -0.4 is 11.5 Å². The highest BCUT2D eigenvalue weighted by atomic mass is 31.2. The summed E-state index contributed by atoms with van der Waals surface area (Å²) in [5.41, 5.74) is 11.5. The third-order valence-electron chi connectivity index (χ3n) is 9.81. The van der Waals surface area contributed by atoms with E-state index in [0.29, 0.717) is 0 Å². The van der Waals surface area contributed by atoms with Gasteiger partial charge in [-0.25, -0.2) is 14.2 Å². The van der Waals surface area contributed by atoms with Gasteiger partial charge in [-0.3, -0.25) is 4.52 Å². The second kappa shape index (κ2) is 18.9. The summed E-state index contributed by atoms with van der Waals surface area (Å²) in [5, 5.41) is 134. The van der Waals surface area contributed by atoms with Gasteiger partial charge in [-0.05, 0) is 0 Å². The Labute approximate surface area is 320 Å². The molecule has 4 aliphatic rings. The Balaban J connectivity index is 1.60. The molecule has 4 aliphatic heterocycles. The number of phosphoric acid groups is 1. The number of aliphatic hydroxyl groups excluding tert-OH is 11. The van der Waals surface area contributed by atoms with Crippen molar-refractivity contribution < 1.29 is 128 Å². The van der Waals surface area contributed by atoms with Crippen molar-refractivity contribution in [3.63, 3.8) is 0 Å². The van der Waals surface area contributed by atoms with Crippen LogP contribution in [0.3, 0.4) is 0 Å². The van der Waals surface area contributed by atoms with Crippen molar-refractivity contribution in [1.29, 1.82) is 0 Å². The highest BCUT2D eigenvalue weighted by Crippen LogP contribution is 2.43. The minimum Gasteiger partial charge on any atom is -0.477 e. The molecule has 0 bridgehead atoms. The molecule has 0 spiro atoms. The fourth-order valence-electron chi connectivity index (χ4n) is 6.66. The van der Waals surface area contributed by atoms with E-state index in [-0.39, 0.29) is 0 Å². The van der Waals surface area contributed by atoms with Gasteiger partial charge in [0.05, 0.1) is 50.7 Å². The summed E-state index contributed by atoms with van der Waals surface area (Å²) in [7, 11) is -5.51. The molecule has 0 aromatic rings. The third kappa shape index (κ3) is 10.4. The van der Waals surface area contributed by atoms with Gasteiger partial charge in [0.1, 0.15) is 73.2 Å². The maximum Gasteiger partial charge on any atom is 0.470 e. The summed E-state index contributed by atoms with van der Waals surface area (Å²) in [5.74, 6) is -10.4. The molecule has 4 saturated heterocycles. The van der Waals surface area contributed by atoms with Crippen molar-refractivity contribution in [2.24, 2.45) is 11.5 Å². The highest BCUT2D eigenvalue weighted by Gasteiger charge is 2.61. The number of carbonyl (C=O) groups is 2. The summed E-state index contributed by atoms with van der Waals surface area (Å²) in [4.78, 5) is 44.4. The summed E-state index contributed by atoms with van der Waals surface area (Å²) < 4.78 is 54.5. The first-order chi connectivity index (χ1) is 26.4. The molecule has 29 heteroatoms. The van der Waals surface area contributed by atoms with E-state index >= 15 is 0 Å². The fourth-order valence-corrected chi connectivity index (χ4v) is 7.23. The lowest BCUT2D eigenvalue weighted by Gasteiger charge is -2.50. The molecule has 0 aliphatic carbocycles. The van der Waals surface area contributed by atoms with Crippen molar-refractivity contribution in [2.75, 3.05) is 26.4 Å². The van der Waals surface area contributed by atoms with Gasteiger partial charge in [-0.1, -0.05) is 0 Å². The van der Waals surface area contributed by atoms with Crippen LogP contribution in [0.15, 0.2) is 0 Å². The average Bonchev–Trinajstić information content (AvgIpc) is 3.14. The van der Waals surface area contributed by atoms with Crippen LogP contribution in [0.25, 0.3) is 0 Å². The Hall–Kier alpha value is -1.75. The number of hydrogen-bond donors (Lipinski definition) is 17. The first-order valence-corrected chi connectivity index (χ1v) is 18.6. The number of ether oxygens (including phenoxy) is 7. The van der Waals surface area contributed by atoms with Gasteiger partial charge in [0.2, 0.25) is 0 Å². The molecule has 0 saturated carbocycles. The molecule has 0 amide bonds. The van der Waals surface area contributed by atoms with Crippen molar-refractivity contribution in [2.45, 2.75) is 135 Å². The number of nitrogens with two attached hydrogens (primary N) is 2. The number of rotatable bonds is 16. The van der Waals surface area contributed by atoms with Gasteiger partial charge in [-0.15, -0.1) is 0 Å². The Kier molecular flexibility index (Phi) is 15.9. The summed E-state index contributed by atoms with van der Waals surface area (Å²) in [6, 6.07) is -3.14. The maximum atomic E-state index is 12.8. The maximum absolute atomic E-state index is 12.8. The zero-order chi connectivity index (χ0) is 42.9. The first-order valence-electron chi connectivity index (χ1n) is 17.1.